The average molecular weight is 232 g/mol. The summed E-state index contributed by atoms with van der Waals surface area (Å²) in [5.74, 6) is 0.759. The monoisotopic (exact) mass is 232 g/mol. The number of aromatic nitrogens is 2. The fourth-order valence-corrected chi connectivity index (χ4v) is 1.59. The Labute approximate surface area is 100 Å². The van der Waals surface area contributed by atoms with E-state index in [0.717, 1.165) is 24.5 Å². The molecule has 0 aliphatic rings. The summed E-state index contributed by atoms with van der Waals surface area (Å²) in [7, 11) is 1.63. The summed E-state index contributed by atoms with van der Waals surface area (Å²) in [5.41, 5.74) is 7.42. The number of hydrogen-bond acceptors (Lipinski definition) is 4. The van der Waals surface area contributed by atoms with Crippen molar-refractivity contribution in [2.24, 2.45) is 0 Å². The molecule has 3 N–H and O–H groups in total. The van der Waals surface area contributed by atoms with Gasteiger partial charge in [0.2, 0.25) is 0 Å². The van der Waals surface area contributed by atoms with Gasteiger partial charge in [0.1, 0.15) is 5.75 Å². The van der Waals surface area contributed by atoms with Crippen LogP contribution in [0.3, 0.4) is 0 Å². The van der Waals surface area contributed by atoms with E-state index in [1.165, 1.54) is 0 Å². The Morgan fingerprint density at radius 3 is 3.00 bits per heavy atom. The fraction of sp³-hybridized carbons (Fsp3) is 0.250. The van der Waals surface area contributed by atoms with Gasteiger partial charge >= 0.3 is 0 Å². The second-order valence-electron chi connectivity index (χ2n) is 3.72. The number of nitrogen functional groups attached to an aromatic ring is 1. The normalized spacial score (nSPS) is 10.2. The lowest BCUT2D eigenvalue weighted by Crippen LogP contribution is -2.09. The maximum atomic E-state index is 5.77. The zero-order valence-electron chi connectivity index (χ0n) is 9.76. The van der Waals surface area contributed by atoms with Gasteiger partial charge in [0, 0.05) is 49.0 Å². The molecule has 5 nitrogen and oxygen atoms in total. The number of nitrogens with two attached hydrogens (primary N) is 1. The number of methoxy groups -OCH3 is 1. The van der Waals surface area contributed by atoms with Crippen LogP contribution < -0.4 is 15.8 Å². The van der Waals surface area contributed by atoms with E-state index in [4.69, 9.17) is 10.5 Å². The van der Waals surface area contributed by atoms with Crippen molar-refractivity contribution in [3.8, 4) is 5.75 Å². The van der Waals surface area contributed by atoms with Crippen LogP contribution in [0, 0.1) is 0 Å². The third-order valence-electron chi connectivity index (χ3n) is 2.42. The number of benzene rings is 1. The molecule has 2 rings (SSSR count). The number of rotatable bonds is 5. The maximum absolute atomic E-state index is 5.77. The topological polar surface area (TPSA) is 65.1 Å². The zero-order valence-corrected chi connectivity index (χ0v) is 9.76. The predicted octanol–water partition coefficient (Wildman–Crippen LogP) is 1.59. The van der Waals surface area contributed by atoms with E-state index < -0.39 is 0 Å². The van der Waals surface area contributed by atoms with Gasteiger partial charge in [-0.05, 0) is 6.07 Å². The Kier molecular flexibility index (Phi) is 3.49. The summed E-state index contributed by atoms with van der Waals surface area (Å²) >= 11 is 0. The van der Waals surface area contributed by atoms with E-state index in [1.807, 2.05) is 22.9 Å². The highest BCUT2D eigenvalue weighted by Gasteiger charge is 1.98. The van der Waals surface area contributed by atoms with Crippen LogP contribution in [0.4, 0.5) is 11.4 Å². The van der Waals surface area contributed by atoms with Crippen LogP contribution in [-0.2, 0) is 6.54 Å². The first kappa shape index (κ1) is 11.3. The molecule has 0 saturated carbocycles. The maximum Gasteiger partial charge on any atom is 0.122 e. The van der Waals surface area contributed by atoms with E-state index in [2.05, 4.69) is 10.3 Å². The van der Waals surface area contributed by atoms with Gasteiger partial charge < -0.3 is 20.4 Å². The summed E-state index contributed by atoms with van der Waals surface area (Å²) in [6.45, 7) is 1.67. The molecule has 17 heavy (non-hydrogen) atoms. The van der Waals surface area contributed by atoms with Crippen LogP contribution in [0.1, 0.15) is 0 Å². The van der Waals surface area contributed by atoms with Gasteiger partial charge in [0.25, 0.3) is 0 Å². The van der Waals surface area contributed by atoms with Gasteiger partial charge in [-0.25, -0.2) is 4.98 Å². The van der Waals surface area contributed by atoms with Gasteiger partial charge in [-0.1, -0.05) is 0 Å². The van der Waals surface area contributed by atoms with E-state index >= 15 is 0 Å². The molecular weight excluding hydrogens is 216 g/mol. The smallest absolute Gasteiger partial charge is 0.122 e. The number of nitrogens with one attached hydrogen (secondary N) is 1. The minimum atomic E-state index is 0.689. The Morgan fingerprint density at radius 2 is 2.29 bits per heavy atom. The van der Waals surface area contributed by atoms with Crippen molar-refractivity contribution in [2.45, 2.75) is 6.54 Å². The van der Waals surface area contributed by atoms with Crippen molar-refractivity contribution in [2.75, 3.05) is 24.7 Å². The second-order valence-corrected chi connectivity index (χ2v) is 3.72. The van der Waals surface area contributed by atoms with Crippen molar-refractivity contribution < 1.29 is 4.74 Å². The Bertz CT molecular complexity index is 467. The van der Waals surface area contributed by atoms with Crippen LogP contribution in [0.15, 0.2) is 36.9 Å². The lowest BCUT2D eigenvalue weighted by atomic mass is 10.2. The molecule has 0 fully saturated rings. The summed E-state index contributed by atoms with van der Waals surface area (Å²) in [6.07, 6.45) is 5.49. The lowest BCUT2D eigenvalue weighted by molar-refractivity contribution is 0.415. The van der Waals surface area contributed by atoms with Gasteiger partial charge in [0.15, 0.2) is 0 Å². The number of nitrogens with zero attached hydrogens (tertiary/aromatic N) is 2. The summed E-state index contributed by atoms with van der Waals surface area (Å²) < 4.78 is 7.16. The Balaban J connectivity index is 1.92. The van der Waals surface area contributed by atoms with Crippen molar-refractivity contribution >= 4 is 11.4 Å². The minimum absolute atomic E-state index is 0.689. The van der Waals surface area contributed by atoms with Gasteiger partial charge in [-0.2, -0.15) is 0 Å². The molecule has 1 aromatic carbocycles. The second kappa shape index (κ2) is 5.25. The first-order valence-electron chi connectivity index (χ1n) is 5.42. The molecule has 2 aromatic rings. The van der Waals surface area contributed by atoms with Gasteiger partial charge in [-0.3, -0.25) is 0 Å². The molecule has 0 amide bonds. The molecule has 1 heterocycles. The van der Waals surface area contributed by atoms with E-state index in [-0.39, 0.29) is 0 Å². The zero-order chi connectivity index (χ0) is 12.1. The molecule has 5 heteroatoms. The van der Waals surface area contributed by atoms with Crippen LogP contribution in [-0.4, -0.2) is 23.2 Å². The largest absolute Gasteiger partial charge is 0.497 e. The van der Waals surface area contributed by atoms with Crippen molar-refractivity contribution in [1.82, 2.24) is 9.55 Å². The van der Waals surface area contributed by atoms with Crippen molar-refractivity contribution in [3.05, 3.63) is 36.9 Å². The van der Waals surface area contributed by atoms with E-state index in [9.17, 15) is 0 Å². The Morgan fingerprint density at radius 1 is 1.41 bits per heavy atom. The number of imidazole rings is 1. The number of anilines is 2. The minimum Gasteiger partial charge on any atom is -0.497 e. The molecule has 0 aliphatic heterocycles. The molecule has 0 unspecified atom stereocenters. The van der Waals surface area contributed by atoms with Crippen molar-refractivity contribution in [3.63, 3.8) is 0 Å². The predicted molar refractivity (Wildman–Crippen MR) is 68.1 cm³/mol. The van der Waals surface area contributed by atoms with Gasteiger partial charge in [0.05, 0.1) is 13.4 Å². The molecule has 1 aromatic heterocycles. The standard InChI is InChI=1S/C12H16N4O/c1-17-12-7-10(13)6-11(8-12)15-3-5-16-4-2-14-9-16/h2,4,6-9,15H,3,5,13H2,1H3. The quantitative estimate of drug-likeness (QED) is 0.768. The highest BCUT2D eigenvalue weighted by Crippen LogP contribution is 2.21. The molecular formula is C12H16N4O. The van der Waals surface area contributed by atoms with E-state index in [1.54, 1.807) is 25.7 Å². The highest BCUT2D eigenvalue weighted by molar-refractivity contribution is 5.59. The first-order valence-corrected chi connectivity index (χ1v) is 5.42. The molecule has 0 radical (unpaired) electrons. The van der Waals surface area contributed by atoms with Crippen LogP contribution in [0.2, 0.25) is 0 Å². The average Bonchev–Trinajstić information content (AvgIpc) is 2.81. The first-order chi connectivity index (χ1) is 8.28. The summed E-state index contributed by atoms with van der Waals surface area (Å²) in [5, 5.41) is 3.29. The summed E-state index contributed by atoms with van der Waals surface area (Å²) in [6, 6.07) is 5.60. The molecule has 0 aliphatic carbocycles. The summed E-state index contributed by atoms with van der Waals surface area (Å²) in [4.78, 5) is 3.98. The van der Waals surface area contributed by atoms with Crippen LogP contribution in [0.25, 0.3) is 0 Å². The SMILES string of the molecule is COc1cc(N)cc(NCCn2ccnc2)c1. The van der Waals surface area contributed by atoms with Gasteiger partial charge in [-0.15, -0.1) is 0 Å². The highest BCUT2D eigenvalue weighted by atomic mass is 16.5. The molecule has 0 atom stereocenters. The molecule has 90 valence electrons. The third-order valence-corrected chi connectivity index (χ3v) is 2.42. The van der Waals surface area contributed by atoms with Crippen molar-refractivity contribution in [1.29, 1.82) is 0 Å². The van der Waals surface area contributed by atoms with Crippen LogP contribution in [0.5, 0.6) is 5.75 Å². The molecule has 0 saturated heterocycles. The van der Waals surface area contributed by atoms with E-state index in [0.29, 0.717) is 5.69 Å². The van der Waals surface area contributed by atoms with Crippen LogP contribution >= 0.6 is 0 Å². The lowest BCUT2D eigenvalue weighted by Gasteiger charge is -2.09. The molecule has 0 spiro atoms. The fourth-order valence-electron chi connectivity index (χ4n) is 1.59. The number of hydrogen-bond donors (Lipinski definition) is 2. The Hall–Kier alpha value is -2.17. The number of ether oxygens (including phenoxy) is 1. The molecule has 0 bridgehead atoms. The third kappa shape index (κ3) is 3.14.